The van der Waals surface area contributed by atoms with E-state index in [0.717, 1.165) is 6.42 Å². The number of hydrogen-bond donors (Lipinski definition) is 2. The van der Waals surface area contributed by atoms with E-state index in [1.54, 1.807) is 0 Å². The number of aryl methyl sites for hydroxylation is 1. The van der Waals surface area contributed by atoms with Crippen LogP contribution in [0.3, 0.4) is 0 Å². The van der Waals surface area contributed by atoms with Crippen LogP contribution in [0.15, 0.2) is 24.3 Å². The third kappa shape index (κ3) is 4.57. The van der Waals surface area contributed by atoms with Crippen LogP contribution in [-0.2, 0) is 11.2 Å². The Kier molecular flexibility index (Phi) is 5.70. The zero-order chi connectivity index (χ0) is 12.7. The highest BCUT2D eigenvalue weighted by molar-refractivity contribution is 5.77. The zero-order valence-electron chi connectivity index (χ0n) is 10.9. The molecule has 17 heavy (non-hydrogen) atoms. The number of hydrogen-bond acceptors (Lipinski definition) is 2. The van der Waals surface area contributed by atoms with Crippen LogP contribution in [0, 0.1) is 0 Å². The summed E-state index contributed by atoms with van der Waals surface area (Å²) >= 11 is 0. The summed E-state index contributed by atoms with van der Waals surface area (Å²) in [5.41, 5.74) is 2.55. The zero-order valence-corrected chi connectivity index (χ0v) is 10.9. The van der Waals surface area contributed by atoms with E-state index in [0.29, 0.717) is 13.1 Å². The summed E-state index contributed by atoms with van der Waals surface area (Å²) in [7, 11) is 0. The minimum absolute atomic E-state index is 0.0459. The van der Waals surface area contributed by atoms with Crippen molar-refractivity contribution in [1.29, 1.82) is 0 Å². The van der Waals surface area contributed by atoms with E-state index >= 15 is 0 Å². The summed E-state index contributed by atoms with van der Waals surface area (Å²) in [6, 6.07) is 8.71. The Morgan fingerprint density at radius 3 is 2.41 bits per heavy atom. The molecule has 2 N–H and O–H groups in total. The predicted octanol–water partition coefficient (Wildman–Crippen LogP) is 2.04. The van der Waals surface area contributed by atoms with Crippen LogP contribution in [0.5, 0.6) is 0 Å². The molecule has 0 spiro atoms. The first-order chi connectivity index (χ1) is 8.17. The van der Waals surface area contributed by atoms with E-state index in [-0.39, 0.29) is 11.9 Å². The first-order valence-electron chi connectivity index (χ1n) is 6.26. The molecule has 1 amide bonds. The molecule has 1 rings (SSSR count). The average molecular weight is 234 g/mol. The van der Waals surface area contributed by atoms with Crippen LogP contribution < -0.4 is 10.6 Å². The number of benzene rings is 1. The molecule has 0 saturated carbocycles. The van der Waals surface area contributed by atoms with E-state index in [2.05, 4.69) is 48.7 Å². The molecular weight excluding hydrogens is 212 g/mol. The lowest BCUT2D eigenvalue weighted by molar-refractivity contribution is -0.120. The highest BCUT2D eigenvalue weighted by Crippen LogP contribution is 2.13. The Balaban J connectivity index is 2.46. The molecule has 0 aromatic heterocycles. The van der Waals surface area contributed by atoms with Crippen molar-refractivity contribution in [3.63, 3.8) is 0 Å². The van der Waals surface area contributed by atoms with Gasteiger partial charge >= 0.3 is 0 Å². The number of carbonyl (C=O) groups excluding carboxylic acids is 1. The fraction of sp³-hybridized carbons (Fsp3) is 0.500. The van der Waals surface area contributed by atoms with Crippen LogP contribution in [0.1, 0.15) is 37.9 Å². The van der Waals surface area contributed by atoms with Crippen LogP contribution in [-0.4, -0.2) is 19.0 Å². The second-order valence-corrected chi connectivity index (χ2v) is 4.15. The number of amides is 1. The van der Waals surface area contributed by atoms with E-state index in [1.165, 1.54) is 11.1 Å². The summed E-state index contributed by atoms with van der Waals surface area (Å²) in [4.78, 5) is 11.3. The van der Waals surface area contributed by atoms with Crippen LogP contribution in [0.2, 0.25) is 0 Å². The smallest absolute Gasteiger partial charge is 0.233 e. The lowest BCUT2D eigenvalue weighted by Gasteiger charge is -2.14. The molecule has 3 heteroatoms. The summed E-state index contributed by atoms with van der Waals surface area (Å²) in [6.45, 7) is 7.18. The molecule has 0 aliphatic rings. The molecule has 1 atom stereocenters. The van der Waals surface area contributed by atoms with Crippen molar-refractivity contribution in [2.75, 3.05) is 13.1 Å². The largest absolute Gasteiger partial charge is 0.355 e. The van der Waals surface area contributed by atoms with Crippen molar-refractivity contribution in [1.82, 2.24) is 10.6 Å². The van der Waals surface area contributed by atoms with E-state index in [1.807, 2.05) is 6.92 Å². The van der Waals surface area contributed by atoms with Gasteiger partial charge in [0.25, 0.3) is 0 Å². The maximum atomic E-state index is 11.3. The van der Waals surface area contributed by atoms with E-state index in [9.17, 15) is 4.79 Å². The first-order valence-corrected chi connectivity index (χ1v) is 6.26. The van der Waals surface area contributed by atoms with Gasteiger partial charge in [-0.15, -0.1) is 0 Å². The molecule has 1 aromatic rings. The highest BCUT2D eigenvalue weighted by atomic mass is 16.1. The molecule has 0 aliphatic heterocycles. The van der Waals surface area contributed by atoms with Crippen molar-refractivity contribution >= 4 is 5.91 Å². The van der Waals surface area contributed by atoms with E-state index in [4.69, 9.17) is 0 Å². The first kappa shape index (κ1) is 13.7. The van der Waals surface area contributed by atoms with Crippen molar-refractivity contribution in [3.05, 3.63) is 35.4 Å². The van der Waals surface area contributed by atoms with Gasteiger partial charge in [0.05, 0.1) is 6.54 Å². The van der Waals surface area contributed by atoms with Gasteiger partial charge in [-0.1, -0.05) is 31.2 Å². The van der Waals surface area contributed by atoms with Crippen molar-refractivity contribution in [2.24, 2.45) is 0 Å². The third-order valence-electron chi connectivity index (χ3n) is 2.83. The maximum Gasteiger partial charge on any atom is 0.233 e. The van der Waals surface area contributed by atoms with Gasteiger partial charge in [0.15, 0.2) is 0 Å². The molecule has 0 heterocycles. The number of nitrogens with one attached hydrogen (secondary N) is 2. The monoisotopic (exact) mass is 234 g/mol. The highest BCUT2D eigenvalue weighted by Gasteiger charge is 2.06. The topological polar surface area (TPSA) is 41.1 Å². The minimum Gasteiger partial charge on any atom is -0.355 e. The van der Waals surface area contributed by atoms with Crippen molar-refractivity contribution in [2.45, 2.75) is 33.2 Å². The second kappa shape index (κ2) is 7.07. The van der Waals surface area contributed by atoms with Gasteiger partial charge in [-0.25, -0.2) is 0 Å². The molecule has 1 unspecified atom stereocenters. The van der Waals surface area contributed by atoms with Crippen LogP contribution in [0.4, 0.5) is 0 Å². The molecule has 0 fully saturated rings. The molecule has 0 aliphatic carbocycles. The van der Waals surface area contributed by atoms with Crippen LogP contribution in [0.25, 0.3) is 0 Å². The summed E-state index contributed by atoms with van der Waals surface area (Å²) in [6.07, 6.45) is 1.06. The van der Waals surface area contributed by atoms with Crippen LogP contribution >= 0.6 is 0 Å². The summed E-state index contributed by atoms with van der Waals surface area (Å²) in [5.74, 6) is 0.0459. The SMILES string of the molecule is CCNC(=O)CNC(C)c1ccc(CC)cc1. The Labute approximate surface area is 104 Å². The molecular formula is C14H22N2O. The lowest BCUT2D eigenvalue weighted by atomic mass is 10.1. The minimum atomic E-state index is 0.0459. The fourth-order valence-corrected chi connectivity index (χ4v) is 1.67. The lowest BCUT2D eigenvalue weighted by Crippen LogP contribution is -2.34. The molecule has 3 nitrogen and oxygen atoms in total. The normalized spacial score (nSPS) is 12.2. The van der Waals surface area contributed by atoms with Gasteiger partial charge in [0, 0.05) is 12.6 Å². The van der Waals surface area contributed by atoms with Gasteiger partial charge in [-0.3, -0.25) is 4.79 Å². The fourth-order valence-electron chi connectivity index (χ4n) is 1.67. The quantitative estimate of drug-likeness (QED) is 0.791. The third-order valence-corrected chi connectivity index (χ3v) is 2.83. The van der Waals surface area contributed by atoms with Gasteiger partial charge in [-0.2, -0.15) is 0 Å². The standard InChI is InChI=1S/C14H22N2O/c1-4-12-6-8-13(9-7-12)11(3)16-10-14(17)15-5-2/h6-9,11,16H,4-5,10H2,1-3H3,(H,15,17). The number of rotatable bonds is 6. The number of likely N-dealkylation sites (N-methyl/N-ethyl adjacent to an activating group) is 1. The molecule has 0 radical (unpaired) electrons. The maximum absolute atomic E-state index is 11.3. The summed E-state index contributed by atoms with van der Waals surface area (Å²) < 4.78 is 0. The van der Waals surface area contributed by atoms with Crippen molar-refractivity contribution < 1.29 is 4.79 Å². The van der Waals surface area contributed by atoms with Gasteiger partial charge in [-0.05, 0) is 31.4 Å². The molecule has 0 bridgehead atoms. The average Bonchev–Trinajstić information content (AvgIpc) is 2.36. The number of carbonyl (C=O) groups is 1. The van der Waals surface area contributed by atoms with Gasteiger partial charge < -0.3 is 10.6 Å². The van der Waals surface area contributed by atoms with Gasteiger partial charge in [0.2, 0.25) is 5.91 Å². The predicted molar refractivity (Wildman–Crippen MR) is 70.9 cm³/mol. The molecule has 1 aromatic carbocycles. The Bertz CT molecular complexity index is 346. The van der Waals surface area contributed by atoms with E-state index < -0.39 is 0 Å². The summed E-state index contributed by atoms with van der Waals surface area (Å²) in [5, 5.41) is 5.98. The Hall–Kier alpha value is -1.35. The van der Waals surface area contributed by atoms with Gasteiger partial charge in [0.1, 0.15) is 0 Å². The van der Waals surface area contributed by atoms with Crippen molar-refractivity contribution in [3.8, 4) is 0 Å². The molecule has 94 valence electrons. The second-order valence-electron chi connectivity index (χ2n) is 4.15. The Morgan fingerprint density at radius 2 is 1.88 bits per heavy atom. The molecule has 0 saturated heterocycles. The Morgan fingerprint density at radius 1 is 1.24 bits per heavy atom.